The van der Waals surface area contributed by atoms with Crippen molar-refractivity contribution in [3.8, 4) is 5.75 Å². The van der Waals surface area contributed by atoms with Crippen molar-refractivity contribution < 1.29 is 27.5 Å². The van der Waals surface area contributed by atoms with Crippen LogP contribution in [0, 0.1) is 11.8 Å². The van der Waals surface area contributed by atoms with Crippen LogP contribution in [0.1, 0.15) is 24.8 Å². The Balaban J connectivity index is 1.33. The molecule has 188 valence electrons. The second kappa shape index (κ2) is 10.5. The van der Waals surface area contributed by atoms with Gasteiger partial charge in [-0.3, -0.25) is 9.59 Å². The van der Waals surface area contributed by atoms with E-state index in [-0.39, 0.29) is 37.0 Å². The average Bonchev–Trinajstić information content (AvgIpc) is 3.29. The van der Waals surface area contributed by atoms with E-state index in [4.69, 9.17) is 4.74 Å². The van der Waals surface area contributed by atoms with Crippen molar-refractivity contribution in [1.29, 1.82) is 0 Å². The van der Waals surface area contributed by atoms with Crippen LogP contribution in [0.2, 0.25) is 0 Å². The molecule has 10 heteroatoms. The molecule has 35 heavy (non-hydrogen) atoms. The zero-order chi connectivity index (χ0) is 25.0. The maximum atomic E-state index is 12.9. The second-order valence-electron chi connectivity index (χ2n) is 8.93. The molecule has 3 N–H and O–H groups in total. The van der Waals surface area contributed by atoms with Crippen LogP contribution in [0.5, 0.6) is 5.75 Å². The third-order valence-electron chi connectivity index (χ3n) is 6.55. The number of rotatable bonds is 7. The summed E-state index contributed by atoms with van der Waals surface area (Å²) in [4.78, 5) is 25.5. The SMILES string of the molecule is COc1cc(CNC(=O)C2CNC(=O)C2)ccc1Nc1ccc(N2CCC(C(F)(F)F)CC2)cc1. The van der Waals surface area contributed by atoms with E-state index in [1.165, 1.54) is 0 Å². The number of methoxy groups -OCH3 is 1. The molecule has 0 saturated carbocycles. The van der Waals surface area contributed by atoms with Crippen molar-refractivity contribution >= 4 is 28.9 Å². The lowest BCUT2D eigenvalue weighted by atomic mass is 9.96. The van der Waals surface area contributed by atoms with E-state index in [0.717, 1.165) is 22.6 Å². The zero-order valence-corrected chi connectivity index (χ0v) is 19.5. The normalized spacial score (nSPS) is 18.8. The Morgan fingerprint density at radius 1 is 1.14 bits per heavy atom. The summed E-state index contributed by atoms with van der Waals surface area (Å²) in [6.45, 7) is 1.45. The number of piperidine rings is 1. The van der Waals surface area contributed by atoms with Crippen LogP contribution in [0.25, 0.3) is 0 Å². The first-order valence-electron chi connectivity index (χ1n) is 11.6. The van der Waals surface area contributed by atoms with Crippen molar-refractivity contribution in [2.45, 2.75) is 32.0 Å². The molecule has 7 nitrogen and oxygen atoms in total. The molecule has 2 fully saturated rings. The Morgan fingerprint density at radius 2 is 1.86 bits per heavy atom. The van der Waals surface area contributed by atoms with E-state index in [1.807, 2.05) is 47.4 Å². The molecule has 2 aliphatic heterocycles. The first-order chi connectivity index (χ1) is 16.7. The van der Waals surface area contributed by atoms with Gasteiger partial charge in [0.1, 0.15) is 5.75 Å². The molecule has 4 rings (SSSR count). The van der Waals surface area contributed by atoms with Crippen LogP contribution in [-0.2, 0) is 16.1 Å². The third kappa shape index (κ3) is 6.17. The predicted octanol–water partition coefficient (Wildman–Crippen LogP) is 3.97. The lowest BCUT2D eigenvalue weighted by molar-refractivity contribution is -0.179. The fraction of sp³-hybridized carbons (Fsp3) is 0.440. The number of amides is 2. The van der Waals surface area contributed by atoms with Gasteiger partial charge in [-0.25, -0.2) is 0 Å². The van der Waals surface area contributed by atoms with E-state index in [1.54, 1.807) is 7.11 Å². The monoisotopic (exact) mass is 490 g/mol. The van der Waals surface area contributed by atoms with Crippen molar-refractivity contribution in [1.82, 2.24) is 10.6 Å². The van der Waals surface area contributed by atoms with Gasteiger partial charge >= 0.3 is 6.18 Å². The summed E-state index contributed by atoms with van der Waals surface area (Å²) in [5, 5.41) is 8.81. The van der Waals surface area contributed by atoms with Gasteiger partial charge in [0.2, 0.25) is 11.8 Å². The third-order valence-corrected chi connectivity index (χ3v) is 6.55. The summed E-state index contributed by atoms with van der Waals surface area (Å²) >= 11 is 0. The number of nitrogens with zero attached hydrogens (tertiary/aromatic N) is 1. The minimum Gasteiger partial charge on any atom is -0.495 e. The minimum absolute atomic E-state index is 0.110. The van der Waals surface area contributed by atoms with Crippen LogP contribution in [-0.4, -0.2) is 44.7 Å². The van der Waals surface area contributed by atoms with Crippen LogP contribution < -0.4 is 25.6 Å². The van der Waals surface area contributed by atoms with Crippen LogP contribution in [0.3, 0.4) is 0 Å². The van der Waals surface area contributed by atoms with Crippen LogP contribution in [0.4, 0.5) is 30.2 Å². The van der Waals surface area contributed by atoms with Gasteiger partial charge in [-0.05, 0) is 54.8 Å². The van der Waals surface area contributed by atoms with E-state index < -0.39 is 12.1 Å². The quantitative estimate of drug-likeness (QED) is 0.547. The number of anilines is 3. The Hall–Kier alpha value is -3.43. The molecule has 0 radical (unpaired) electrons. The van der Waals surface area contributed by atoms with E-state index in [0.29, 0.717) is 31.9 Å². The molecule has 0 spiro atoms. The Kier molecular flexibility index (Phi) is 7.37. The Labute approximate surface area is 202 Å². The first kappa shape index (κ1) is 24.7. The number of carbonyl (C=O) groups is 2. The van der Waals surface area contributed by atoms with E-state index >= 15 is 0 Å². The Bertz CT molecular complexity index is 1050. The second-order valence-corrected chi connectivity index (χ2v) is 8.93. The van der Waals surface area contributed by atoms with Gasteiger partial charge in [0.15, 0.2) is 0 Å². The van der Waals surface area contributed by atoms with Crippen molar-refractivity contribution in [2.24, 2.45) is 11.8 Å². The summed E-state index contributed by atoms with van der Waals surface area (Å²) in [6, 6.07) is 13.1. The molecule has 1 unspecified atom stereocenters. The first-order valence-corrected chi connectivity index (χ1v) is 11.6. The number of nitrogens with one attached hydrogen (secondary N) is 3. The fourth-order valence-corrected chi connectivity index (χ4v) is 4.45. The lowest BCUT2D eigenvalue weighted by Crippen LogP contribution is -2.38. The number of alkyl halides is 3. The summed E-state index contributed by atoms with van der Waals surface area (Å²) in [6.07, 6.45) is -3.68. The number of carbonyl (C=O) groups excluding carboxylic acids is 2. The highest BCUT2D eigenvalue weighted by Crippen LogP contribution is 2.36. The van der Waals surface area contributed by atoms with Gasteiger partial charge in [0, 0.05) is 44.0 Å². The predicted molar refractivity (Wildman–Crippen MR) is 127 cm³/mol. The molecule has 2 aromatic rings. The number of hydrogen-bond acceptors (Lipinski definition) is 5. The highest BCUT2D eigenvalue weighted by Gasteiger charge is 2.41. The Morgan fingerprint density at radius 3 is 2.46 bits per heavy atom. The van der Waals surface area contributed by atoms with Crippen molar-refractivity contribution in [3.05, 3.63) is 48.0 Å². The average molecular weight is 491 g/mol. The highest BCUT2D eigenvalue weighted by molar-refractivity contribution is 5.89. The largest absolute Gasteiger partial charge is 0.495 e. The van der Waals surface area contributed by atoms with Crippen LogP contribution >= 0.6 is 0 Å². The minimum atomic E-state index is -4.12. The van der Waals surface area contributed by atoms with E-state index in [9.17, 15) is 22.8 Å². The number of ether oxygens (including phenoxy) is 1. The van der Waals surface area contributed by atoms with E-state index in [2.05, 4.69) is 16.0 Å². The summed E-state index contributed by atoms with van der Waals surface area (Å²) in [5.41, 5.74) is 3.31. The summed E-state index contributed by atoms with van der Waals surface area (Å²) < 4.78 is 44.2. The summed E-state index contributed by atoms with van der Waals surface area (Å²) in [5.74, 6) is -1.22. The number of benzene rings is 2. The smallest absolute Gasteiger partial charge is 0.391 e. The molecule has 2 saturated heterocycles. The molecular formula is C25H29F3N4O3. The van der Waals surface area contributed by atoms with Gasteiger partial charge in [-0.2, -0.15) is 13.2 Å². The molecule has 0 aliphatic carbocycles. The molecular weight excluding hydrogens is 461 g/mol. The van der Waals surface area contributed by atoms with Crippen molar-refractivity contribution in [3.63, 3.8) is 0 Å². The maximum absolute atomic E-state index is 12.9. The van der Waals surface area contributed by atoms with Gasteiger partial charge in [0.25, 0.3) is 0 Å². The van der Waals surface area contributed by atoms with Gasteiger partial charge in [-0.15, -0.1) is 0 Å². The molecule has 1 atom stereocenters. The van der Waals surface area contributed by atoms with Gasteiger partial charge in [0.05, 0.1) is 24.6 Å². The van der Waals surface area contributed by atoms with Gasteiger partial charge < -0.3 is 25.6 Å². The highest BCUT2D eigenvalue weighted by atomic mass is 19.4. The topological polar surface area (TPSA) is 82.7 Å². The standard InChI is InChI=1S/C25H29F3N4O3/c1-35-22-12-16(14-30-24(34)17-13-23(33)29-15-17)2-7-21(22)31-19-3-5-20(6-4-19)32-10-8-18(9-11-32)25(26,27)28/h2-7,12,17-18,31H,8-11,13-15H2,1H3,(H,29,33)(H,30,34). The van der Waals surface area contributed by atoms with Crippen molar-refractivity contribution in [2.75, 3.05) is 37.0 Å². The fourth-order valence-electron chi connectivity index (χ4n) is 4.45. The summed E-state index contributed by atoms with van der Waals surface area (Å²) in [7, 11) is 1.56. The number of hydrogen-bond donors (Lipinski definition) is 3. The maximum Gasteiger partial charge on any atom is 0.391 e. The zero-order valence-electron chi connectivity index (χ0n) is 19.5. The van der Waals surface area contributed by atoms with Gasteiger partial charge in [-0.1, -0.05) is 6.07 Å². The molecule has 2 aromatic carbocycles. The molecule has 2 amide bonds. The lowest BCUT2D eigenvalue weighted by Gasteiger charge is -2.34. The molecule has 2 heterocycles. The number of halogens is 3. The van der Waals surface area contributed by atoms with Crippen LogP contribution in [0.15, 0.2) is 42.5 Å². The molecule has 0 aromatic heterocycles. The molecule has 0 bridgehead atoms. The molecule has 2 aliphatic rings.